The minimum atomic E-state index is -0.652. The molecule has 0 aromatic heterocycles. The second-order valence-electron chi connectivity index (χ2n) is 4.40. The molecule has 0 aliphatic carbocycles. The van der Waals surface area contributed by atoms with Gasteiger partial charge in [-0.15, -0.1) is 0 Å². The number of nitriles is 1. The molecule has 0 bridgehead atoms. The molecule has 21 heavy (non-hydrogen) atoms. The van der Waals surface area contributed by atoms with Gasteiger partial charge in [-0.2, -0.15) is 5.26 Å². The normalized spacial score (nSPS) is 15.6. The van der Waals surface area contributed by atoms with Gasteiger partial charge in [-0.05, 0) is 32.1 Å². The van der Waals surface area contributed by atoms with E-state index in [0.717, 1.165) is 5.69 Å². The summed E-state index contributed by atoms with van der Waals surface area (Å²) in [6.45, 7) is 3.93. The molecule has 0 radical (unpaired) electrons. The number of anilines is 1. The van der Waals surface area contributed by atoms with Gasteiger partial charge in [-0.3, -0.25) is 0 Å². The Morgan fingerprint density at radius 3 is 2.62 bits per heavy atom. The number of aryl methyl sites for hydroxylation is 1. The molecule has 5 heteroatoms. The average Bonchev–Trinajstić information content (AvgIpc) is 2.50. The topological polar surface area (TPSA) is 65.7 Å². The lowest BCUT2D eigenvalue weighted by molar-refractivity contribution is -0.138. The molecule has 0 atom stereocenters. The maximum atomic E-state index is 11.6. The van der Waals surface area contributed by atoms with Crippen LogP contribution in [0.25, 0.3) is 0 Å². The fraction of sp³-hybridized carbons (Fsp3) is 0.188. The van der Waals surface area contributed by atoms with Crippen LogP contribution in [0, 0.1) is 18.3 Å². The van der Waals surface area contributed by atoms with Gasteiger partial charge in [-0.1, -0.05) is 17.7 Å². The number of nitrogens with zero attached hydrogens (tertiary/aromatic N) is 3. The maximum Gasteiger partial charge on any atom is 0.351 e. The third-order valence-electron chi connectivity index (χ3n) is 2.89. The number of carbonyl (C=O) groups is 1. The summed E-state index contributed by atoms with van der Waals surface area (Å²) in [5, 5.41) is 9.06. The lowest BCUT2D eigenvalue weighted by atomic mass is 10.2. The number of ether oxygens (including phenoxy) is 1. The Morgan fingerprint density at radius 2 is 2.10 bits per heavy atom. The summed E-state index contributed by atoms with van der Waals surface area (Å²) in [6, 6.07) is 9.78. The van der Waals surface area contributed by atoms with Gasteiger partial charge >= 0.3 is 5.97 Å². The smallest absolute Gasteiger partial charge is 0.351 e. The first-order valence-corrected chi connectivity index (χ1v) is 6.54. The standard InChI is InChI=1S/C16H15N3O2/c1-3-21-16(20)14(10-17)15-8-9-19(11-18-15)13-6-4-12(2)5-7-13/h4-9,11H,3H2,1-2H3/b15-14-. The number of hydrogen-bond donors (Lipinski definition) is 0. The maximum absolute atomic E-state index is 11.6. The number of allylic oxidation sites excluding steroid dienone is 1. The van der Waals surface area contributed by atoms with Gasteiger partial charge in [-0.25, -0.2) is 9.79 Å². The Kier molecular flexibility index (Phi) is 4.52. The summed E-state index contributed by atoms with van der Waals surface area (Å²) < 4.78 is 4.83. The van der Waals surface area contributed by atoms with E-state index in [2.05, 4.69) is 4.99 Å². The van der Waals surface area contributed by atoms with Crippen molar-refractivity contribution in [2.75, 3.05) is 11.5 Å². The highest BCUT2D eigenvalue weighted by Crippen LogP contribution is 2.19. The summed E-state index contributed by atoms with van der Waals surface area (Å²) in [4.78, 5) is 17.6. The molecule has 0 saturated carbocycles. The summed E-state index contributed by atoms with van der Waals surface area (Å²) >= 11 is 0. The molecule has 106 valence electrons. The molecule has 0 amide bonds. The molecule has 1 heterocycles. The Labute approximate surface area is 123 Å². The third kappa shape index (κ3) is 3.37. The van der Waals surface area contributed by atoms with E-state index in [0.29, 0.717) is 5.70 Å². The van der Waals surface area contributed by atoms with Crippen LogP contribution in [0.5, 0.6) is 0 Å². The molecule has 0 saturated heterocycles. The van der Waals surface area contributed by atoms with Crippen LogP contribution in [-0.2, 0) is 9.53 Å². The second kappa shape index (κ2) is 6.53. The van der Waals surface area contributed by atoms with Crippen molar-refractivity contribution in [3.63, 3.8) is 0 Å². The summed E-state index contributed by atoms with van der Waals surface area (Å²) in [5.41, 5.74) is 2.34. The fourth-order valence-electron chi connectivity index (χ4n) is 1.79. The van der Waals surface area contributed by atoms with Gasteiger partial charge in [0.15, 0.2) is 5.57 Å². The molecule has 0 spiro atoms. The molecule has 0 fully saturated rings. The Hall–Kier alpha value is -2.87. The van der Waals surface area contributed by atoms with Crippen LogP contribution in [-0.4, -0.2) is 18.9 Å². The molecule has 0 unspecified atom stereocenters. The van der Waals surface area contributed by atoms with Gasteiger partial charge in [0.25, 0.3) is 0 Å². The Balaban J connectivity index is 2.22. The SMILES string of the molecule is CCOC(=O)/C(C#N)=C1/C=CN(c2ccc(C)cc2)C=N1. The van der Waals surface area contributed by atoms with Crippen molar-refractivity contribution < 1.29 is 9.53 Å². The van der Waals surface area contributed by atoms with Crippen molar-refractivity contribution >= 4 is 18.0 Å². The molecule has 1 aliphatic rings. The van der Waals surface area contributed by atoms with Crippen molar-refractivity contribution in [2.45, 2.75) is 13.8 Å². The number of rotatable bonds is 3. The molecular formula is C16H15N3O2. The summed E-state index contributed by atoms with van der Waals surface area (Å²) in [5.74, 6) is -0.652. The van der Waals surface area contributed by atoms with Gasteiger partial charge in [0, 0.05) is 11.9 Å². The zero-order valence-corrected chi connectivity index (χ0v) is 11.9. The number of benzene rings is 1. The average molecular weight is 281 g/mol. The largest absolute Gasteiger partial charge is 0.462 e. The molecule has 5 nitrogen and oxygen atoms in total. The lowest BCUT2D eigenvalue weighted by Gasteiger charge is -2.18. The van der Waals surface area contributed by atoms with Crippen LogP contribution in [0.4, 0.5) is 5.69 Å². The van der Waals surface area contributed by atoms with Crippen molar-refractivity contribution in [1.29, 1.82) is 5.26 Å². The molecule has 1 aromatic rings. The first-order valence-electron chi connectivity index (χ1n) is 6.54. The van der Waals surface area contributed by atoms with E-state index in [-0.39, 0.29) is 12.2 Å². The van der Waals surface area contributed by atoms with Crippen LogP contribution in [0.1, 0.15) is 12.5 Å². The predicted octanol–water partition coefficient (Wildman–Crippen LogP) is 2.70. The van der Waals surface area contributed by atoms with Crippen molar-refractivity contribution in [3.8, 4) is 6.07 Å². The highest BCUT2D eigenvalue weighted by atomic mass is 16.5. The van der Waals surface area contributed by atoms with Gasteiger partial charge in [0.2, 0.25) is 0 Å². The zero-order valence-electron chi connectivity index (χ0n) is 11.9. The molecule has 0 N–H and O–H groups in total. The minimum absolute atomic E-state index is 0.0899. The highest BCUT2D eigenvalue weighted by Gasteiger charge is 2.16. The highest BCUT2D eigenvalue weighted by molar-refractivity contribution is 5.95. The van der Waals surface area contributed by atoms with Crippen LogP contribution >= 0.6 is 0 Å². The van der Waals surface area contributed by atoms with E-state index in [1.807, 2.05) is 42.2 Å². The van der Waals surface area contributed by atoms with Crippen molar-refractivity contribution in [3.05, 3.63) is 53.4 Å². The van der Waals surface area contributed by atoms with Crippen molar-refractivity contribution in [1.82, 2.24) is 0 Å². The van der Waals surface area contributed by atoms with Crippen LogP contribution in [0.2, 0.25) is 0 Å². The monoisotopic (exact) mass is 281 g/mol. The Morgan fingerprint density at radius 1 is 1.38 bits per heavy atom. The lowest BCUT2D eigenvalue weighted by Crippen LogP contribution is -2.17. The van der Waals surface area contributed by atoms with Crippen molar-refractivity contribution in [2.24, 2.45) is 4.99 Å². The number of hydrogen-bond acceptors (Lipinski definition) is 5. The number of aliphatic imine (C=N–C) groups is 1. The number of esters is 1. The quantitative estimate of drug-likeness (QED) is 0.485. The zero-order chi connectivity index (χ0) is 15.2. The van der Waals surface area contributed by atoms with Gasteiger partial charge in [0.1, 0.15) is 6.07 Å². The van der Waals surface area contributed by atoms with Crippen LogP contribution < -0.4 is 4.90 Å². The molecule has 1 aromatic carbocycles. The van der Waals surface area contributed by atoms with E-state index >= 15 is 0 Å². The number of carbonyl (C=O) groups excluding carboxylic acids is 1. The van der Waals surface area contributed by atoms with E-state index in [1.54, 1.807) is 25.5 Å². The first kappa shape index (κ1) is 14.5. The van der Waals surface area contributed by atoms with Crippen LogP contribution in [0.3, 0.4) is 0 Å². The second-order valence-corrected chi connectivity index (χ2v) is 4.40. The van der Waals surface area contributed by atoms with E-state index < -0.39 is 5.97 Å². The van der Waals surface area contributed by atoms with E-state index in [4.69, 9.17) is 10.00 Å². The van der Waals surface area contributed by atoms with Gasteiger partial charge < -0.3 is 9.64 Å². The van der Waals surface area contributed by atoms with Crippen LogP contribution in [0.15, 0.2) is 52.8 Å². The third-order valence-corrected chi connectivity index (χ3v) is 2.89. The van der Waals surface area contributed by atoms with Gasteiger partial charge in [0.05, 0.1) is 18.6 Å². The molecular weight excluding hydrogens is 266 g/mol. The molecule has 1 aliphatic heterocycles. The fourth-order valence-corrected chi connectivity index (χ4v) is 1.79. The summed E-state index contributed by atoms with van der Waals surface area (Å²) in [7, 11) is 0. The summed E-state index contributed by atoms with van der Waals surface area (Å²) in [6.07, 6.45) is 4.94. The van der Waals surface area contributed by atoms with E-state index in [9.17, 15) is 4.79 Å². The predicted molar refractivity (Wildman–Crippen MR) is 80.6 cm³/mol. The first-order chi connectivity index (χ1) is 10.2. The Bertz CT molecular complexity index is 648. The minimum Gasteiger partial charge on any atom is -0.462 e. The van der Waals surface area contributed by atoms with E-state index in [1.165, 1.54) is 5.56 Å². The molecule has 2 rings (SSSR count).